The molecule has 0 aliphatic heterocycles. The van der Waals surface area contributed by atoms with Crippen molar-refractivity contribution in [1.82, 2.24) is 5.32 Å². The SMILES string of the molecule is COC(=O)[C@H](CC[C@H](O)C(F)F)NC(=O)c1ccccc1. The molecule has 1 rings (SSSR count). The number of rotatable bonds is 7. The van der Waals surface area contributed by atoms with Crippen LogP contribution in [0, 0.1) is 0 Å². The van der Waals surface area contributed by atoms with Crippen molar-refractivity contribution in [3.8, 4) is 0 Å². The van der Waals surface area contributed by atoms with Crippen LogP contribution in [0.4, 0.5) is 8.78 Å². The van der Waals surface area contributed by atoms with Crippen molar-refractivity contribution in [2.75, 3.05) is 7.11 Å². The fourth-order valence-electron chi connectivity index (χ4n) is 1.69. The molecule has 0 saturated carbocycles. The number of carbonyl (C=O) groups excluding carboxylic acids is 2. The van der Waals surface area contributed by atoms with Crippen LogP contribution < -0.4 is 5.32 Å². The number of nitrogens with one attached hydrogen (secondary N) is 1. The Labute approximate surface area is 120 Å². The van der Waals surface area contributed by atoms with Crippen molar-refractivity contribution < 1.29 is 28.2 Å². The summed E-state index contributed by atoms with van der Waals surface area (Å²) in [6.45, 7) is 0. The van der Waals surface area contributed by atoms with Gasteiger partial charge in [-0.15, -0.1) is 0 Å². The Morgan fingerprint density at radius 1 is 1.24 bits per heavy atom. The van der Waals surface area contributed by atoms with E-state index in [4.69, 9.17) is 5.11 Å². The van der Waals surface area contributed by atoms with Crippen molar-refractivity contribution in [3.63, 3.8) is 0 Å². The lowest BCUT2D eigenvalue weighted by atomic mass is 10.1. The molecule has 5 nitrogen and oxygen atoms in total. The first kappa shape index (κ1) is 17.0. The van der Waals surface area contributed by atoms with E-state index in [1.54, 1.807) is 30.3 Å². The van der Waals surface area contributed by atoms with Crippen molar-refractivity contribution in [3.05, 3.63) is 35.9 Å². The minimum atomic E-state index is -2.90. The molecule has 0 saturated heterocycles. The van der Waals surface area contributed by atoms with E-state index in [1.807, 2.05) is 0 Å². The summed E-state index contributed by atoms with van der Waals surface area (Å²) in [5, 5.41) is 11.5. The van der Waals surface area contributed by atoms with Crippen molar-refractivity contribution >= 4 is 11.9 Å². The van der Waals surface area contributed by atoms with Crippen molar-refractivity contribution in [1.29, 1.82) is 0 Å². The number of esters is 1. The summed E-state index contributed by atoms with van der Waals surface area (Å²) in [5.41, 5.74) is 0.334. The Hall–Kier alpha value is -2.02. The van der Waals surface area contributed by atoms with Crippen molar-refractivity contribution in [2.45, 2.75) is 31.4 Å². The fraction of sp³-hybridized carbons (Fsp3) is 0.429. The van der Waals surface area contributed by atoms with Gasteiger partial charge < -0.3 is 15.2 Å². The first-order valence-corrected chi connectivity index (χ1v) is 6.35. The topological polar surface area (TPSA) is 75.6 Å². The molecule has 0 fully saturated rings. The van der Waals surface area contributed by atoms with Crippen LogP contribution in [-0.4, -0.2) is 42.7 Å². The van der Waals surface area contributed by atoms with Gasteiger partial charge in [0.25, 0.3) is 12.3 Å². The molecule has 0 bridgehead atoms. The summed E-state index contributed by atoms with van der Waals surface area (Å²) in [6, 6.07) is 7.06. The second kappa shape index (κ2) is 8.31. The summed E-state index contributed by atoms with van der Waals surface area (Å²) >= 11 is 0. The smallest absolute Gasteiger partial charge is 0.328 e. The summed E-state index contributed by atoms with van der Waals surface area (Å²) in [6.07, 6.45) is -5.21. The van der Waals surface area contributed by atoms with Crippen LogP contribution in [0.15, 0.2) is 30.3 Å². The molecule has 0 spiro atoms. The molecule has 0 unspecified atom stereocenters. The number of hydrogen-bond donors (Lipinski definition) is 2. The second-order valence-electron chi connectivity index (χ2n) is 4.39. The highest BCUT2D eigenvalue weighted by Gasteiger charge is 2.25. The number of aliphatic hydroxyl groups is 1. The third-order valence-corrected chi connectivity index (χ3v) is 2.87. The summed E-state index contributed by atoms with van der Waals surface area (Å²) in [7, 11) is 1.13. The van der Waals surface area contributed by atoms with E-state index in [2.05, 4.69) is 10.1 Å². The fourth-order valence-corrected chi connectivity index (χ4v) is 1.69. The van der Waals surface area contributed by atoms with E-state index in [9.17, 15) is 18.4 Å². The van der Waals surface area contributed by atoms with Crippen molar-refractivity contribution in [2.24, 2.45) is 0 Å². The average molecular weight is 301 g/mol. The molecule has 0 radical (unpaired) electrons. The predicted molar refractivity (Wildman–Crippen MR) is 71.0 cm³/mol. The Bertz CT molecular complexity index is 467. The molecule has 21 heavy (non-hydrogen) atoms. The molecule has 0 aliphatic rings. The number of methoxy groups -OCH3 is 1. The first-order chi connectivity index (χ1) is 9.95. The number of benzene rings is 1. The molecule has 1 amide bonds. The zero-order chi connectivity index (χ0) is 15.8. The minimum Gasteiger partial charge on any atom is -0.467 e. The van der Waals surface area contributed by atoms with Gasteiger partial charge in [0, 0.05) is 5.56 Å². The number of halogens is 2. The lowest BCUT2D eigenvalue weighted by Crippen LogP contribution is -2.42. The maximum Gasteiger partial charge on any atom is 0.328 e. The Morgan fingerprint density at radius 3 is 2.38 bits per heavy atom. The molecule has 1 aromatic carbocycles. The van der Waals surface area contributed by atoms with Crippen LogP contribution in [0.3, 0.4) is 0 Å². The monoisotopic (exact) mass is 301 g/mol. The lowest BCUT2D eigenvalue weighted by molar-refractivity contribution is -0.143. The van der Waals surface area contributed by atoms with E-state index in [0.29, 0.717) is 5.56 Å². The van der Waals surface area contributed by atoms with Gasteiger partial charge in [-0.25, -0.2) is 13.6 Å². The maximum absolute atomic E-state index is 12.2. The Morgan fingerprint density at radius 2 is 1.86 bits per heavy atom. The lowest BCUT2D eigenvalue weighted by Gasteiger charge is -2.18. The number of carbonyl (C=O) groups is 2. The molecular weight excluding hydrogens is 284 g/mol. The highest BCUT2D eigenvalue weighted by molar-refractivity contribution is 5.96. The number of alkyl halides is 2. The zero-order valence-corrected chi connectivity index (χ0v) is 11.5. The molecule has 1 aromatic rings. The van der Waals surface area contributed by atoms with E-state index < -0.39 is 30.4 Å². The van der Waals surface area contributed by atoms with Gasteiger partial charge in [0.05, 0.1) is 7.11 Å². The predicted octanol–water partition coefficient (Wildman–Crippen LogP) is 1.36. The summed E-state index contributed by atoms with van der Waals surface area (Å²) in [5.74, 6) is -1.27. The van der Waals surface area contributed by atoms with E-state index in [0.717, 1.165) is 7.11 Å². The van der Waals surface area contributed by atoms with Gasteiger partial charge in [0.1, 0.15) is 12.1 Å². The molecule has 0 aromatic heterocycles. The number of amides is 1. The van der Waals surface area contributed by atoms with E-state index >= 15 is 0 Å². The molecule has 116 valence electrons. The van der Waals surface area contributed by atoms with Gasteiger partial charge in [0.15, 0.2) is 0 Å². The molecule has 0 aliphatic carbocycles. The Kier molecular flexibility index (Phi) is 6.74. The van der Waals surface area contributed by atoms with E-state index in [1.165, 1.54) is 0 Å². The quantitative estimate of drug-likeness (QED) is 0.746. The largest absolute Gasteiger partial charge is 0.467 e. The zero-order valence-electron chi connectivity index (χ0n) is 11.5. The van der Waals surface area contributed by atoms with Gasteiger partial charge in [-0.1, -0.05) is 18.2 Å². The molecular formula is C14H17F2NO4. The molecule has 0 heterocycles. The number of aliphatic hydroxyl groups excluding tert-OH is 1. The van der Waals surface area contributed by atoms with Gasteiger partial charge >= 0.3 is 5.97 Å². The highest BCUT2D eigenvalue weighted by atomic mass is 19.3. The van der Waals surface area contributed by atoms with Gasteiger partial charge in [0.2, 0.25) is 0 Å². The van der Waals surface area contributed by atoms with Crippen LogP contribution >= 0.6 is 0 Å². The second-order valence-corrected chi connectivity index (χ2v) is 4.39. The minimum absolute atomic E-state index is 0.142. The molecule has 7 heteroatoms. The van der Waals surface area contributed by atoms with Gasteiger partial charge in [-0.2, -0.15) is 0 Å². The van der Waals surface area contributed by atoms with Gasteiger partial charge in [-0.3, -0.25) is 4.79 Å². The van der Waals surface area contributed by atoms with Crippen LogP contribution in [0.5, 0.6) is 0 Å². The summed E-state index contributed by atoms with van der Waals surface area (Å²) < 4.78 is 29.0. The maximum atomic E-state index is 12.2. The van der Waals surface area contributed by atoms with Crippen LogP contribution in [0.1, 0.15) is 23.2 Å². The molecule has 2 N–H and O–H groups in total. The Balaban J connectivity index is 2.66. The van der Waals surface area contributed by atoms with Crippen LogP contribution in [-0.2, 0) is 9.53 Å². The third kappa shape index (κ3) is 5.47. The van der Waals surface area contributed by atoms with Crippen LogP contribution in [0.25, 0.3) is 0 Å². The molecule has 2 atom stereocenters. The van der Waals surface area contributed by atoms with Gasteiger partial charge in [-0.05, 0) is 25.0 Å². The number of hydrogen-bond acceptors (Lipinski definition) is 4. The van der Waals surface area contributed by atoms with Crippen LogP contribution in [0.2, 0.25) is 0 Å². The standard InChI is InChI=1S/C14H17F2NO4/c1-21-14(20)10(7-8-11(18)12(15)16)17-13(19)9-5-3-2-4-6-9/h2-6,10-12,18H,7-8H2,1H3,(H,17,19)/t10-,11-/m0/s1. The normalized spacial score (nSPS) is 13.6. The highest BCUT2D eigenvalue weighted by Crippen LogP contribution is 2.11. The summed E-state index contributed by atoms with van der Waals surface area (Å²) in [4.78, 5) is 23.5. The number of ether oxygens (including phenoxy) is 1. The van der Waals surface area contributed by atoms with E-state index in [-0.39, 0.29) is 12.8 Å². The average Bonchev–Trinajstić information content (AvgIpc) is 2.50. The first-order valence-electron chi connectivity index (χ1n) is 6.35. The third-order valence-electron chi connectivity index (χ3n) is 2.87.